The number of piperidine rings is 1. The minimum Gasteiger partial charge on any atom is -0.368 e. The zero-order valence-electron chi connectivity index (χ0n) is 20.2. The van der Waals surface area contributed by atoms with Crippen molar-refractivity contribution in [3.63, 3.8) is 0 Å². The van der Waals surface area contributed by atoms with Gasteiger partial charge in [0.1, 0.15) is 11.5 Å². The Kier molecular flexibility index (Phi) is 7.84. The zero-order valence-corrected chi connectivity index (χ0v) is 20.2. The molecule has 182 valence electrons. The molecule has 1 amide bonds. The lowest BCUT2D eigenvalue weighted by Gasteiger charge is -2.34. The average molecular weight is 465 g/mol. The molecule has 0 aliphatic carbocycles. The largest absolute Gasteiger partial charge is 0.368 e. The van der Waals surface area contributed by atoms with E-state index in [-0.39, 0.29) is 0 Å². The number of H-pyrrole nitrogens is 1. The molecule has 34 heavy (non-hydrogen) atoms. The maximum atomic E-state index is 10.9. The predicted octanol–water partition coefficient (Wildman–Crippen LogP) is 3.18. The number of fused-ring (bicyclic) bond motifs is 1. The molecule has 9 heteroatoms. The van der Waals surface area contributed by atoms with E-state index in [0.717, 1.165) is 93.3 Å². The maximum absolute atomic E-state index is 10.9. The number of amides is 1. The topological polar surface area (TPSA) is 106 Å². The molecular formula is C25H36N8O. The summed E-state index contributed by atoms with van der Waals surface area (Å²) in [6.07, 6.45) is 5.04. The Morgan fingerprint density at radius 2 is 1.71 bits per heavy atom. The molecule has 2 fully saturated rings. The Bertz CT molecular complexity index is 1050. The lowest BCUT2D eigenvalue weighted by molar-refractivity contribution is -0.118. The average Bonchev–Trinajstić information content (AvgIpc) is 3.39. The lowest BCUT2D eigenvalue weighted by atomic mass is 9.97. The number of nitrogens with one attached hydrogen (secondary N) is 2. The molecule has 0 unspecified atom stereocenters. The second-order valence-corrected chi connectivity index (χ2v) is 8.58. The molecule has 2 saturated heterocycles. The lowest BCUT2D eigenvalue weighted by Crippen LogP contribution is -2.45. The van der Waals surface area contributed by atoms with E-state index in [4.69, 9.17) is 10.7 Å². The third kappa shape index (κ3) is 5.25. The summed E-state index contributed by atoms with van der Waals surface area (Å²) in [5, 5.41) is 4.42. The highest BCUT2D eigenvalue weighted by molar-refractivity contribution is 5.89. The van der Waals surface area contributed by atoms with E-state index in [2.05, 4.69) is 49.4 Å². The standard InChI is InChI=1S/C23H30N8O.C2H6/c24-15-17-6-9-31(10-7-17)22-20-5-8-25-21(20)27-23(28-22)26-18-1-3-19(4-2-18)30-13-11-29(16-32)12-14-30;1-2/h1-5,8,16-17H,6-7,9-15,24H2,(H2,25,26,27,28);1-2H3. The smallest absolute Gasteiger partial charge is 0.231 e. The first-order valence-electron chi connectivity index (χ1n) is 12.3. The fourth-order valence-corrected chi connectivity index (χ4v) is 4.57. The molecule has 2 aliphatic rings. The fraction of sp³-hybridized carbons (Fsp3) is 0.480. The van der Waals surface area contributed by atoms with Crippen molar-refractivity contribution < 1.29 is 4.79 Å². The second kappa shape index (κ2) is 11.2. The summed E-state index contributed by atoms with van der Waals surface area (Å²) in [5.74, 6) is 2.16. The monoisotopic (exact) mass is 464 g/mol. The van der Waals surface area contributed by atoms with Gasteiger partial charge >= 0.3 is 0 Å². The van der Waals surface area contributed by atoms with Crippen LogP contribution in [-0.2, 0) is 4.79 Å². The van der Waals surface area contributed by atoms with Crippen molar-refractivity contribution in [3.8, 4) is 0 Å². The molecule has 9 nitrogen and oxygen atoms in total. The van der Waals surface area contributed by atoms with Gasteiger partial charge in [-0.05, 0) is 55.6 Å². The Hall–Kier alpha value is -3.33. The minimum absolute atomic E-state index is 0.586. The molecule has 2 aliphatic heterocycles. The number of hydrogen-bond acceptors (Lipinski definition) is 7. The molecule has 0 bridgehead atoms. The number of carbonyl (C=O) groups is 1. The number of carbonyl (C=O) groups excluding carboxylic acids is 1. The van der Waals surface area contributed by atoms with Crippen LogP contribution in [0.1, 0.15) is 26.7 Å². The van der Waals surface area contributed by atoms with Crippen LogP contribution in [0.2, 0.25) is 0 Å². The highest BCUT2D eigenvalue weighted by Gasteiger charge is 2.22. The van der Waals surface area contributed by atoms with Gasteiger partial charge in [0.15, 0.2) is 0 Å². The van der Waals surface area contributed by atoms with Gasteiger partial charge in [0.05, 0.1) is 5.39 Å². The predicted molar refractivity (Wildman–Crippen MR) is 139 cm³/mol. The highest BCUT2D eigenvalue weighted by Crippen LogP contribution is 2.29. The van der Waals surface area contributed by atoms with Crippen LogP contribution in [0.15, 0.2) is 36.5 Å². The van der Waals surface area contributed by atoms with Crippen molar-refractivity contribution in [1.29, 1.82) is 0 Å². The number of hydrogen-bond donors (Lipinski definition) is 3. The normalized spacial score (nSPS) is 16.9. The van der Waals surface area contributed by atoms with Crippen LogP contribution in [0.5, 0.6) is 0 Å². The summed E-state index contributed by atoms with van der Waals surface area (Å²) in [6, 6.07) is 10.4. The molecule has 0 spiro atoms. The van der Waals surface area contributed by atoms with Gasteiger partial charge in [0.2, 0.25) is 12.4 Å². The van der Waals surface area contributed by atoms with Crippen LogP contribution in [0.25, 0.3) is 11.0 Å². The molecule has 3 aromatic rings. The van der Waals surface area contributed by atoms with Crippen molar-refractivity contribution in [2.75, 3.05) is 60.9 Å². The molecular weight excluding hydrogens is 428 g/mol. The Balaban J connectivity index is 0.00000133. The first kappa shape index (κ1) is 23.8. The van der Waals surface area contributed by atoms with E-state index >= 15 is 0 Å². The summed E-state index contributed by atoms with van der Waals surface area (Å²) in [6.45, 7) is 9.91. The zero-order chi connectivity index (χ0) is 23.9. The van der Waals surface area contributed by atoms with Crippen LogP contribution in [0, 0.1) is 5.92 Å². The Morgan fingerprint density at radius 1 is 1.00 bits per heavy atom. The molecule has 1 aromatic carbocycles. The SMILES string of the molecule is CC.NCC1CCN(c2nc(Nc3ccc(N4CCN(C=O)CC4)cc3)nc3[nH]ccc23)CC1. The van der Waals surface area contributed by atoms with Crippen molar-refractivity contribution in [1.82, 2.24) is 19.9 Å². The van der Waals surface area contributed by atoms with Crippen LogP contribution in [0.3, 0.4) is 0 Å². The highest BCUT2D eigenvalue weighted by atomic mass is 16.1. The maximum Gasteiger partial charge on any atom is 0.231 e. The second-order valence-electron chi connectivity index (χ2n) is 8.58. The van der Waals surface area contributed by atoms with Gasteiger partial charge in [-0.15, -0.1) is 0 Å². The van der Waals surface area contributed by atoms with Gasteiger partial charge in [0.25, 0.3) is 0 Å². The Labute approximate surface area is 201 Å². The first-order chi connectivity index (χ1) is 16.7. The van der Waals surface area contributed by atoms with Gasteiger partial charge in [-0.1, -0.05) is 13.8 Å². The number of aromatic amines is 1. The summed E-state index contributed by atoms with van der Waals surface area (Å²) < 4.78 is 0. The van der Waals surface area contributed by atoms with Crippen molar-refractivity contribution in [2.24, 2.45) is 11.7 Å². The van der Waals surface area contributed by atoms with E-state index in [9.17, 15) is 4.79 Å². The Morgan fingerprint density at radius 3 is 2.35 bits per heavy atom. The van der Waals surface area contributed by atoms with E-state index in [1.54, 1.807) is 0 Å². The van der Waals surface area contributed by atoms with E-state index < -0.39 is 0 Å². The molecule has 0 saturated carbocycles. The van der Waals surface area contributed by atoms with Crippen LogP contribution in [0.4, 0.5) is 23.1 Å². The summed E-state index contributed by atoms with van der Waals surface area (Å²) >= 11 is 0. The molecule has 5 rings (SSSR count). The molecule has 4 heterocycles. The third-order valence-electron chi connectivity index (χ3n) is 6.59. The van der Waals surface area contributed by atoms with Gasteiger partial charge < -0.3 is 30.7 Å². The van der Waals surface area contributed by atoms with E-state index in [1.807, 2.05) is 31.0 Å². The number of piperazine rings is 1. The summed E-state index contributed by atoms with van der Waals surface area (Å²) in [5.41, 5.74) is 8.80. The number of benzene rings is 1. The van der Waals surface area contributed by atoms with Crippen LogP contribution in [-0.4, -0.2) is 72.1 Å². The van der Waals surface area contributed by atoms with Crippen LogP contribution < -0.4 is 20.9 Å². The van der Waals surface area contributed by atoms with Crippen molar-refractivity contribution >= 4 is 40.6 Å². The van der Waals surface area contributed by atoms with E-state index in [0.29, 0.717) is 11.9 Å². The van der Waals surface area contributed by atoms with Gasteiger partial charge in [-0.25, -0.2) is 0 Å². The van der Waals surface area contributed by atoms with Gasteiger partial charge in [-0.2, -0.15) is 9.97 Å². The summed E-state index contributed by atoms with van der Waals surface area (Å²) in [7, 11) is 0. The van der Waals surface area contributed by atoms with Crippen LogP contribution >= 0.6 is 0 Å². The van der Waals surface area contributed by atoms with E-state index in [1.165, 1.54) is 0 Å². The summed E-state index contributed by atoms with van der Waals surface area (Å²) in [4.78, 5) is 30.2. The number of aromatic nitrogens is 3. The quantitative estimate of drug-likeness (QED) is 0.481. The number of nitrogens with two attached hydrogens (primary N) is 1. The number of rotatable bonds is 6. The third-order valence-corrected chi connectivity index (χ3v) is 6.59. The fourth-order valence-electron chi connectivity index (χ4n) is 4.57. The van der Waals surface area contributed by atoms with Crippen molar-refractivity contribution in [2.45, 2.75) is 26.7 Å². The molecule has 0 atom stereocenters. The minimum atomic E-state index is 0.586. The number of nitrogens with zero attached hydrogens (tertiary/aromatic N) is 5. The van der Waals surface area contributed by atoms with Gasteiger partial charge in [0, 0.05) is 56.8 Å². The van der Waals surface area contributed by atoms with Crippen molar-refractivity contribution in [3.05, 3.63) is 36.5 Å². The van der Waals surface area contributed by atoms with Gasteiger partial charge in [-0.3, -0.25) is 4.79 Å². The molecule has 0 radical (unpaired) electrons. The first-order valence-corrected chi connectivity index (χ1v) is 12.3. The molecule has 4 N–H and O–H groups in total. The molecule has 2 aromatic heterocycles. The number of anilines is 4.